The van der Waals surface area contributed by atoms with E-state index in [1.54, 1.807) is 13.0 Å². The van der Waals surface area contributed by atoms with Crippen LogP contribution in [0.15, 0.2) is 12.1 Å². The van der Waals surface area contributed by atoms with Crippen molar-refractivity contribution in [3.05, 3.63) is 28.8 Å². The van der Waals surface area contributed by atoms with Crippen molar-refractivity contribution in [3.63, 3.8) is 0 Å². The summed E-state index contributed by atoms with van der Waals surface area (Å²) in [6.07, 6.45) is 3.12. The summed E-state index contributed by atoms with van der Waals surface area (Å²) in [5.41, 5.74) is 2.11. The number of rotatable bonds is 3. The van der Waals surface area contributed by atoms with Gasteiger partial charge in [-0.3, -0.25) is 0 Å². The molecule has 0 saturated heterocycles. The smallest absolute Gasteiger partial charge is 0.337 e. The molecule has 0 spiro atoms. The molecule has 0 radical (unpaired) electrons. The monoisotopic (exact) mass is 262 g/mol. The zero-order valence-electron chi connectivity index (χ0n) is 11.1. The first-order chi connectivity index (χ1) is 8.97. The Morgan fingerprint density at radius 3 is 2.47 bits per heavy atom. The molecule has 5 heteroatoms. The number of carbonyl (C=O) groups excluding carboxylic acids is 1. The second-order valence-corrected chi connectivity index (χ2v) is 5.04. The number of aromatic carboxylic acids is 1. The van der Waals surface area contributed by atoms with Crippen LogP contribution in [0.25, 0.3) is 0 Å². The maximum Gasteiger partial charge on any atom is 0.337 e. The summed E-state index contributed by atoms with van der Waals surface area (Å²) in [6.45, 7) is 3.62. The van der Waals surface area contributed by atoms with E-state index in [2.05, 4.69) is 10.6 Å². The van der Waals surface area contributed by atoms with Crippen LogP contribution < -0.4 is 10.6 Å². The molecular weight excluding hydrogens is 244 g/mol. The van der Waals surface area contributed by atoms with Crippen molar-refractivity contribution < 1.29 is 14.7 Å². The van der Waals surface area contributed by atoms with Gasteiger partial charge < -0.3 is 15.7 Å². The average molecular weight is 262 g/mol. The fourth-order valence-corrected chi connectivity index (χ4v) is 2.19. The largest absolute Gasteiger partial charge is 0.478 e. The molecule has 19 heavy (non-hydrogen) atoms. The molecule has 102 valence electrons. The summed E-state index contributed by atoms with van der Waals surface area (Å²) in [5.74, 6) is -1.04. The van der Waals surface area contributed by atoms with E-state index in [4.69, 9.17) is 0 Å². The number of amides is 2. The van der Waals surface area contributed by atoms with Crippen molar-refractivity contribution >= 4 is 17.7 Å². The molecule has 5 nitrogen and oxygen atoms in total. The molecule has 1 saturated carbocycles. The zero-order valence-corrected chi connectivity index (χ0v) is 11.1. The molecule has 0 atom stereocenters. The van der Waals surface area contributed by atoms with Crippen LogP contribution in [0.4, 0.5) is 10.5 Å². The van der Waals surface area contributed by atoms with E-state index in [-0.39, 0.29) is 17.6 Å². The van der Waals surface area contributed by atoms with Crippen molar-refractivity contribution in [1.82, 2.24) is 5.32 Å². The lowest BCUT2D eigenvalue weighted by Crippen LogP contribution is -2.42. The van der Waals surface area contributed by atoms with Gasteiger partial charge in [0.15, 0.2) is 0 Å². The Kier molecular flexibility index (Phi) is 3.74. The summed E-state index contributed by atoms with van der Waals surface area (Å²) in [6, 6.07) is 3.30. The second kappa shape index (κ2) is 5.30. The van der Waals surface area contributed by atoms with Crippen molar-refractivity contribution in [1.29, 1.82) is 0 Å². The zero-order chi connectivity index (χ0) is 14.0. The summed E-state index contributed by atoms with van der Waals surface area (Å²) < 4.78 is 0. The second-order valence-electron chi connectivity index (χ2n) is 5.04. The first-order valence-corrected chi connectivity index (χ1v) is 6.39. The van der Waals surface area contributed by atoms with Crippen LogP contribution in [0, 0.1) is 13.8 Å². The van der Waals surface area contributed by atoms with Crippen LogP contribution in [-0.2, 0) is 0 Å². The third kappa shape index (κ3) is 3.05. The maximum atomic E-state index is 11.8. The van der Waals surface area contributed by atoms with Crippen LogP contribution in [0.5, 0.6) is 0 Å². The van der Waals surface area contributed by atoms with Crippen LogP contribution in [-0.4, -0.2) is 23.1 Å². The molecule has 2 amide bonds. The molecule has 1 aromatic carbocycles. The number of hydrogen-bond donors (Lipinski definition) is 3. The summed E-state index contributed by atoms with van der Waals surface area (Å²) in [5, 5.41) is 14.7. The van der Waals surface area contributed by atoms with Gasteiger partial charge in [0, 0.05) is 6.04 Å². The molecule has 3 N–H and O–H groups in total. The number of carboxylic acid groups (broad SMARTS) is 1. The maximum absolute atomic E-state index is 11.8. The Balaban J connectivity index is 2.18. The van der Waals surface area contributed by atoms with Crippen LogP contribution in [0.2, 0.25) is 0 Å². The van der Waals surface area contributed by atoms with E-state index in [1.807, 2.05) is 13.0 Å². The van der Waals surface area contributed by atoms with Gasteiger partial charge in [0.1, 0.15) is 0 Å². The Bertz CT molecular complexity index is 522. The Morgan fingerprint density at radius 1 is 1.26 bits per heavy atom. The van der Waals surface area contributed by atoms with Gasteiger partial charge in [-0.25, -0.2) is 9.59 Å². The topological polar surface area (TPSA) is 78.4 Å². The first-order valence-electron chi connectivity index (χ1n) is 6.39. The minimum atomic E-state index is -1.04. The number of benzene rings is 1. The quantitative estimate of drug-likeness (QED) is 0.783. The highest BCUT2D eigenvalue weighted by Crippen LogP contribution is 2.23. The lowest BCUT2D eigenvalue weighted by molar-refractivity contribution is 0.0698. The summed E-state index contributed by atoms with van der Waals surface area (Å²) in [4.78, 5) is 23.0. The number of carbonyl (C=O) groups is 2. The minimum absolute atomic E-state index is 0.126. The highest BCUT2D eigenvalue weighted by Gasteiger charge is 2.21. The molecule has 1 aromatic rings. The molecule has 1 aliphatic carbocycles. The standard InChI is InChI=1S/C14H18N2O3/c1-8-6-9(2)12(11(7-8)13(17)18)16-14(19)15-10-4-3-5-10/h6-7,10H,3-5H2,1-2H3,(H,17,18)(H2,15,16,19). The van der Waals surface area contributed by atoms with E-state index in [1.165, 1.54) is 0 Å². The van der Waals surface area contributed by atoms with Gasteiger partial charge in [-0.2, -0.15) is 0 Å². The van der Waals surface area contributed by atoms with Crippen LogP contribution >= 0.6 is 0 Å². The normalized spacial score (nSPS) is 14.6. The van der Waals surface area contributed by atoms with Crippen LogP contribution in [0.3, 0.4) is 0 Å². The molecule has 0 bridgehead atoms. The molecule has 0 aromatic heterocycles. The summed E-state index contributed by atoms with van der Waals surface area (Å²) >= 11 is 0. The molecule has 0 aliphatic heterocycles. The fourth-order valence-electron chi connectivity index (χ4n) is 2.19. The predicted octanol–water partition coefficient (Wildman–Crippen LogP) is 2.68. The van der Waals surface area contributed by atoms with Gasteiger partial charge in [0.25, 0.3) is 0 Å². The van der Waals surface area contributed by atoms with E-state index in [0.717, 1.165) is 30.4 Å². The SMILES string of the molecule is Cc1cc(C)c(NC(=O)NC2CCC2)c(C(=O)O)c1. The van der Waals surface area contributed by atoms with E-state index >= 15 is 0 Å². The Hall–Kier alpha value is -2.04. The van der Waals surface area contributed by atoms with Gasteiger partial charge >= 0.3 is 12.0 Å². The highest BCUT2D eigenvalue weighted by atomic mass is 16.4. The predicted molar refractivity (Wildman–Crippen MR) is 72.7 cm³/mol. The van der Waals surface area contributed by atoms with Gasteiger partial charge in [-0.1, -0.05) is 6.07 Å². The number of hydrogen-bond acceptors (Lipinski definition) is 2. The van der Waals surface area contributed by atoms with Crippen molar-refractivity contribution in [2.75, 3.05) is 5.32 Å². The lowest BCUT2D eigenvalue weighted by Gasteiger charge is -2.26. The molecular formula is C14H18N2O3. The number of aryl methyl sites for hydroxylation is 2. The van der Waals surface area contributed by atoms with E-state index < -0.39 is 5.97 Å². The third-order valence-electron chi connectivity index (χ3n) is 3.39. The lowest BCUT2D eigenvalue weighted by atomic mass is 9.93. The van der Waals surface area contributed by atoms with E-state index in [9.17, 15) is 14.7 Å². The number of nitrogens with one attached hydrogen (secondary N) is 2. The Morgan fingerprint density at radius 2 is 1.95 bits per heavy atom. The van der Waals surface area contributed by atoms with E-state index in [0.29, 0.717) is 5.69 Å². The molecule has 0 unspecified atom stereocenters. The minimum Gasteiger partial charge on any atom is -0.478 e. The average Bonchev–Trinajstić information content (AvgIpc) is 2.26. The van der Waals surface area contributed by atoms with Crippen LogP contribution in [0.1, 0.15) is 40.7 Å². The number of urea groups is 1. The molecule has 0 heterocycles. The van der Waals surface area contributed by atoms with Gasteiger partial charge in [0.2, 0.25) is 0 Å². The fraction of sp³-hybridized carbons (Fsp3) is 0.429. The van der Waals surface area contributed by atoms with Crippen molar-refractivity contribution in [2.24, 2.45) is 0 Å². The van der Waals surface area contributed by atoms with Gasteiger partial charge in [0.05, 0.1) is 11.3 Å². The van der Waals surface area contributed by atoms with Gasteiger partial charge in [-0.15, -0.1) is 0 Å². The van der Waals surface area contributed by atoms with Crippen molar-refractivity contribution in [2.45, 2.75) is 39.2 Å². The molecule has 1 fully saturated rings. The summed E-state index contributed by atoms with van der Waals surface area (Å²) in [7, 11) is 0. The van der Waals surface area contributed by atoms with Crippen molar-refractivity contribution in [3.8, 4) is 0 Å². The third-order valence-corrected chi connectivity index (χ3v) is 3.39. The highest BCUT2D eigenvalue weighted by molar-refractivity contribution is 6.01. The van der Waals surface area contributed by atoms with Gasteiger partial charge in [-0.05, 0) is 50.3 Å². The Labute approximate surface area is 112 Å². The molecule has 2 rings (SSSR count). The number of anilines is 1. The number of carboxylic acids is 1. The molecule has 1 aliphatic rings. The first kappa shape index (κ1) is 13.4.